The second-order valence-electron chi connectivity index (χ2n) is 5.08. The first-order chi connectivity index (χ1) is 9.69. The molecule has 0 aromatic heterocycles. The van der Waals surface area contributed by atoms with Crippen molar-refractivity contribution in [2.45, 2.75) is 26.4 Å². The first-order valence-electron chi connectivity index (χ1n) is 6.09. The molecule has 6 nitrogen and oxygen atoms in total. The molecule has 7 heteroatoms. The standard InChI is InChI=1S/C14H15FN2O4/c1-14(2,3)21-13(18)16-8-4-5-10-6-7-11(15)9-12(10)17(19)20/h6-7,9H,8H2,1-3H3,(H,16,18). The second kappa shape index (κ2) is 6.70. The van der Waals surface area contributed by atoms with Crippen LogP contribution in [0.5, 0.6) is 0 Å². The Morgan fingerprint density at radius 1 is 1.48 bits per heavy atom. The van der Waals surface area contributed by atoms with Crippen LogP contribution in [0, 0.1) is 27.8 Å². The van der Waals surface area contributed by atoms with E-state index in [1.807, 2.05) is 0 Å². The Hall–Kier alpha value is -2.62. The first-order valence-corrected chi connectivity index (χ1v) is 6.09. The highest BCUT2D eigenvalue weighted by Crippen LogP contribution is 2.18. The third-order valence-corrected chi connectivity index (χ3v) is 2.10. The summed E-state index contributed by atoms with van der Waals surface area (Å²) in [6, 6.07) is 3.09. The van der Waals surface area contributed by atoms with E-state index in [4.69, 9.17) is 4.74 Å². The lowest BCUT2D eigenvalue weighted by atomic mass is 10.2. The van der Waals surface area contributed by atoms with Crippen LogP contribution in [0.1, 0.15) is 26.3 Å². The second-order valence-corrected chi connectivity index (χ2v) is 5.08. The third kappa shape index (κ3) is 5.91. The molecule has 1 aromatic rings. The van der Waals surface area contributed by atoms with E-state index in [0.29, 0.717) is 0 Å². The van der Waals surface area contributed by atoms with E-state index in [0.717, 1.165) is 12.1 Å². The molecule has 0 fully saturated rings. The summed E-state index contributed by atoms with van der Waals surface area (Å²) in [4.78, 5) is 21.4. The van der Waals surface area contributed by atoms with Crippen LogP contribution in [0.3, 0.4) is 0 Å². The van der Waals surface area contributed by atoms with Crippen molar-refractivity contribution in [2.24, 2.45) is 0 Å². The van der Waals surface area contributed by atoms with Crippen molar-refractivity contribution in [3.63, 3.8) is 0 Å². The van der Waals surface area contributed by atoms with Crippen LogP contribution >= 0.6 is 0 Å². The highest BCUT2D eigenvalue weighted by atomic mass is 19.1. The van der Waals surface area contributed by atoms with E-state index in [2.05, 4.69) is 17.2 Å². The fourth-order valence-corrected chi connectivity index (χ4v) is 1.33. The van der Waals surface area contributed by atoms with Crippen LogP contribution in [0.2, 0.25) is 0 Å². The smallest absolute Gasteiger partial charge is 0.408 e. The number of nitro groups is 1. The molecule has 0 atom stereocenters. The van der Waals surface area contributed by atoms with Crippen molar-refractivity contribution in [3.8, 4) is 11.8 Å². The third-order valence-electron chi connectivity index (χ3n) is 2.10. The number of carbonyl (C=O) groups is 1. The number of benzene rings is 1. The molecule has 112 valence electrons. The lowest BCUT2D eigenvalue weighted by Crippen LogP contribution is -2.32. The number of amides is 1. The first kappa shape index (κ1) is 16.4. The molecule has 0 unspecified atom stereocenters. The average molecular weight is 294 g/mol. The van der Waals surface area contributed by atoms with Gasteiger partial charge in [0.05, 0.1) is 17.5 Å². The Morgan fingerprint density at radius 3 is 2.71 bits per heavy atom. The number of alkyl carbamates (subject to hydrolysis) is 1. The highest BCUT2D eigenvalue weighted by Gasteiger charge is 2.15. The van der Waals surface area contributed by atoms with Gasteiger partial charge < -0.3 is 10.1 Å². The largest absolute Gasteiger partial charge is 0.444 e. The van der Waals surface area contributed by atoms with E-state index >= 15 is 0 Å². The Kier molecular flexibility index (Phi) is 5.24. The molecule has 0 radical (unpaired) electrons. The van der Waals surface area contributed by atoms with E-state index in [-0.39, 0.29) is 12.1 Å². The molecule has 21 heavy (non-hydrogen) atoms. The fourth-order valence-electron chi connectivity index (χ4n) is 1.33. The molecule has 0 aliphatic carbocycles. The maximum Gasteiger partial charge on any atom is 0.408 e. The Balaban J connectivity index is 2.68. The zero-order valence-electron chi connectivity index (χ0n) is 11.9. The van der Waals surface area contributed by atoms with Crippen molar-refractivity contribution in [1.82, 2.24) is 5.32 Å². The van der Waals surface area contributed by atoms with Crippen LogP contribution in [0.4, 0.5) is 14.9 Å². The Labute approximate surface area is 121 Å². The van der Waals surface area contributed by atoms with Crippen molar-refractivity contribution < 1.29 is 18.8 Å². The minimum absolute atomic E-state index is 0.0382. The number of nitro benzene ring substituents is 1. The highest BCUT2D eigenvalue weighted by molar-refractivity contribution is 5.68. The van der Waals surface area contributed by atoms with Gasteiger partial charge in [-0.05, 0) is 32.9 Å². The molecule has 0 saturated carbocycles. The van der Waals surface area contributed by atoms with E-state index < -0.39 is 28.1 Å². The van der Waals surface area contributed by atoms with Gasteiger partial charge in [-0.2, -0.15) is 0 Å². The summed E-state index contributed by atoms with van der Waals surface area (Å²) in [5.41, 5.74) is -0.958. The predicted molar refractivity (Wildman–Crippen MR) is 74.2 cm³/mol. The maximum atomic E-state index is 12.9. The number of hydrogen-bond donors (Lipinski definition) is 1. The molecule has 1 aromatic carbocycles. The topological polar surface area (TPSA) is 81.5 Å². The molecule has 1 amide bonds. The summed E-state index contributed by atoms with van der Waals surface area (Å²) < 4.78 is 17.9. The lowest BCUT2D eigenvalue weighted by molar-refractivity contribution is -0.385. The van der Waals surface area contributed by atoms with Crippen molar-refractivity contribution in [1.29, 1.82) is 0 Å². The van der Waals surface area contributed by atoms with Gasteiger partial charge in [-0.3, -0.25) is 10.1 Å². The molecule has 0 spiro atoms. The van der Waals surface area contributed by atoms with Gasteiger partial charge >= 0.3 is 6.09 Å². The van der Waals surface area contributed by atoms with Crippen LogP contribution in [0.25, 0.3) is 0 Å². The van der Waals surface area contributed by atoms with E-state index in [1.54, 1.807) is 20.8 Å². The number of rotatable bonds is 2. The molecule has 0 heterocycles. The molecule has 0 aliphatic heterocycles. The Bertz CT molecular complexity index is 612. The number of nitrogens with one attached hydrogen (secondary N) is 1. The molecule has 1 N–H and O–H groups in total. The number of carbonyl (C=O) groups excluding carboxylic acids is 1. The van der Waals surface area contributed by atoms with Crippen LogP contribution in [0.15, 0.2) is 18.2 Å². The van der Waals surface area contributed by atoms with Gasteiger partial charge in [-0.15, -0.1) is 0 Å². The molecule has 0 aliphatic rings. The zero-order valence-corrected chi connectivity index (χ0v) is 11.9. The van der Waals surface area contributed by atoms with Gasteiger partial charge in [0.2, 0.25) is 0 Å². The predicted octanol–water partition coefficient (Wildman–Crippen LogP) is 2.61. The minimum Gasteiger partial charge on any atom is -0.444 e. The normalized spacial score (nSPS) is 10.3. The van der Waals surface area contributed by atoms with Crippen LogP contribution < -0.4 is 5.32 Å². The van der Waals surface area contributed by atoms with Gasteiger partial charge in [0.25, 0.3) is 5.69 Å². The number of nitrogens with zero attached hydrogens (tertiary/aromatic N) is 1. The molecule has 1 rings (SSSR count). The summed E-state index contributed by atoms with van der Waals surface area (Å²) >= 11 is 0. The van der Waals surface area contributed by atoms with Gasteiger partial charge in [-0.1, -0.05) is 11.8 Å². The van der Waals surface area contributed by atoms with Crippen molar-refractivity contribution in [3.05, 3.63) is 39.7 Å². The van der Waals surface area contributed by atoms with Crippen LogP contribution in [-0.2, 0) is 4.74 Å². The van der Waals surface area contributed by atoms with Gasteiger partial charge in [0.15, 0.2) is 0 Å². The summed E-state index contributed by atoms with van der Waals surface area (Å²) in [6.45, 7) is 5.13. The molecule has 0 bridgehead atoms. The number of halogens is 1. The van der Waals surface area contributed by atoms with Gasteiger partial charge in [0, 0.05) is 0 Å². The Morgan fingerprint density at radius 2 is 2.14 bits per heavy atom. The van der Waals surface area contributed by atoms with Gasteiger partial charge in [-0.25, -0.2) is 9.18 Å². The van der Waals surface area contributed by atoms with Gasteiger partial charge in [0.1, 0.15) is 17.0 Å². The quantitative estimate of drug-likeness (QED) is 0.516. The van der Waals surface area contributed by atoms with Crippen LogP contribution in [-0.4, -0.2) is 23.2 Å². The molecule has 0 saturated heterocycles. The number of hydrogen-bond acceptors (Lipinski definition) is 4. The fraction of sp³-hybridized carbons (Fsp3) is 0.357. The minimum atomic E-state index is -0.714. The molecular weight excluding hydrogens is 279 g/mol. The zero-order chi connectivity index (χ0) is 16.0. The van der Waals surface area contributed by atoms with Crippen molar-refractivity contribution >= 4 is 11.8 Å². The van der Waals surface area contributed by atoms with E-state index in [9.17, 15) is 19.3 Å². The molecular formula is C14H15FN2O4. The maximum absolute atomic E-state index is 12.9. The number of ether oxygens (including phenoxy) is 1. The summed E-state index contributed by atoms with van der Waals surface area (Å²) in [7, 11) is 0. The average Bonchev–Trinajstić information content (AvgIpc) is 2.33. The van der Waals surface area contributed by atoms with Crippen molar-refractivity contribution in [2.75, 3.05) is 6.54 Å². The summed E-state index contributed by atoms with van der Waals surface area (Å²) in [5, 5.41) is 13.1. The summed E-state index contributed by atoms with van der Waals surface area (Å²) in [6.07, 6.45) is -0.634. The summed E-state index contributed by atoms with van der Waals surface area (Å²) in [5.74, 6) is 4.35. The lowest BCUT2D eigenvalue weighted by Gasteiger charge is -2.18. The SMILES string of the molecule is CC(C)(C)OC(=O)NCC#Cc1ccc(F)cc1[N+](=O)[O-]. The monoisotopic (exact) mass is 294 g/mol. The van der Waals surface area contributed by atoms with E-state index in [1.165, 1.54) is 6.07 Å².